The summed E-state index contributed by atoms with van der Waals surface area (Å²) in [4.78, 5) is 11.4. The van der Waals surface area contributed by atoms with Gasteiger partial charge in [0.15, 0.2) is 0 Å². The molecule has 5 heteroatoms. The van der Waals surface area contributed by atoms with Crippen LogP contribution in [-0.2, 0) is 6.54 Å². The Labute approximate surface area is 117 Å². The topological polar surface area (TPSA) is 82.7 Å². The van der Waals surface area contributed by atoms with Crippen LogP contribution in [0.25, 0.3) is 11.0 Å². The molecule has 2 aromatic rings. The highest BCUT2D eigenvalue weighted by Gasteiger charge is 2.21. The number of rotatable bonds is 6. The second-order valence-electron chi connectivity index (χ2n) is 5.63. The zero-order valence-corrected chi connectivity index (χ0v) is 11.6. The van der Waals surface area contributed by atoms with Gasteiger partial charge in [0.2, 0.25) is 0 Å². The highest BCUT2D eigenvalue weighted by Crippen LogP contribution is 2.26. The number of aliphatic hydroxyl groups is 1. The number of hydrogen-bond donors (Lipinski definition) is 3. The van der Waals surface area contributed by atoms with E-state index in [1.165, 1.54) is 0 Å². The van der Waals surface area contributed by atoms with Crippen LogP contribution >= 0.6 is 0 Å². The van der Waals surface area contributed by atoms with Gasteiger partial charge in [-0.15, -0.1) is 0 Å². The third-order valence-electron chi connectivity index (χ3n) is 3.20. The van der Waals surface area contributed by atoms with Crippen LogP contribution in [0.3, 0.4) is 0 Å². The first-order valence-electron chi connectivity index (χ1n) is 6.50. The first-order valence-corrected chi connectivity index (χ1v) is 6.50. The van der Waals surface area contributed by atoms with E-state index in [9.17, 15) is 15.0 Å². The number of carbonyl (C=O) groups is 1. The number of nitrogens with one attached hydrogen (secondary N) is 1. The second-order valence-corrected chi connectivity index (χ2v) is 5.63. The molecule has 1 aromatic carbocycles. The molecule has 0 saturated carbocycles. The van der Waals surface area contributed by atoms with E-state index in [4.69, 9.17) is 4.42 Å². The molecule has 0 aliphatic rings. The zero-order chi connectivity index (χ0) is 14.8. The van der Waals surface area contributed by atoms with Crippen molar-refractivity contribution in [3.8, 4) is 0 Å². The Morgan fingerprint density at radius 3 is 2.70 bits per heavy atom. The Bertz CT molecular complexity index is 615. The summed E-state index contributed by atoms with van der Waals surface area (Å²) >= 11 is 0. The number of furan rings is 1. The van der Waals surface area contributed by atoms with E-state index in [-0.39, 0.29) is 17.6 Å². The van der Waals surface area contributed by atoms with Gasteiger partial charge in [-0.25, -0.2) is 4.79 Å². The summed E-state index contributed by atoms with van der Waals surface area (Å²) in [7, 11) is 0. The van der Waals surface area contributed by atoms with E-state index in [1.54, 1.807) is 18.2 Å². The predicted molar refractivity (Wildman–Crippen MR) is 75.7 cm³/mol. The van der Waals surface area contributed by atoms with Crippen molar-refractivity contribution in [2.75, 3.05) is 13.2 Å². The van der Waals surface area contributed by atoms with Crippen molar-refractivity contribution in [2.24, 2.45) is 5.41 Å². The van der Waals surface area contributed by atoms with Crippen molar-refractivity contribution in [2.45, 2.75) is 20.4 Å². The quantitative estimate of drug-likeness (QED) is 0.754. The van der Waals surface area contributed by atoms with E-state index in [0.717, 1.165) is 0 Å². The molecule has 1 aromatic heterocycles. The zero-order valence-electron chi connectivity index (χ0n) is 11.6. The molecule has 0 bridgehead atoms. The van der Waals surface area contributed by atoms with Gasteiger partial charge in [0, 0.05) is 24.0 Å². The summed E-state index contributed by atoms with van der Waals surface area (Å²) in [5.74, 6) is -0.583. The lowest BCUT2D eigenvalue weighted by atomic mass is 9.95. The lowest BCUT2D eigenvalue weighted by molar-refractivity contribution is 0.0696. The largest absolute Gasteiger partial charge is 0.478 e. The van der Waals surface area contributed by atoms with Crippen LogP contribution in [0.1, 0.15) is 30.0 Å². The summed E-state index contributed by atoms with van der Waals surface area (Å²) in [5, 5.41) is 22.3. The molecule has 0 amide bonds. The third-order valence-corrected chi connectivity index (χ3v) is 3.20. The highest BCUT2D eigenvalue weighted by atomic mass is 16.4. The summed E-state index contributed by atoms with van der Waals surface area (Å²) in [6, 6.07) is 7.09. The van der Waals surface area contributed by atoms with Crippen LogP contribution in [0.15, 0.2) is 28.7 Å². The van der Waals surface area contributed by atoms with E-state index < -0.39 is 5.97 Å². The monoisotopic (exact) mass is 277 g/mol. The highest BCUT2D eigenvalue weighted by molar-refractivity contribution is 6.03. The average molecular weight is 277 g/mol. The Morgan fingerprint density at radius 1 is 1.35 bits per heavy atom. The van der Waals surface area contributed by atoms with Gasteiger partial charge < -0.3 is 19.9 Å². The third kappa shape index (κ3) is 3.00. The molecule has 0 aliphatic heterocycles. The van der Waals surface area contributed by atoms with Gasteiger partial charge in [0.1, 0.15) is 16.9 Å². The number of para-hydroxylation sites is 1. The lowest BCUT2D eigenvalue weighted by Gasteiger charge is -2.21. The molecule has 20 heavy (non-hydrogen) atoms. The summed E-state index contributed by atoms with van der Waals surface area (Å²) in [6.07, 6.45) is 0. The number of benzene rings is 1. The molecule has 0 atom stereocenters. The second kappa shape index (κ2) is 5.64. The molecular formula is C15H19NO4. The number of hydrogen-bond acceptors (Lipinski definition) is 4. The minimum absolute atomic E-state index is 0.0614. The van der Waals surface area contributed by atoms with Crippen LogP contribution in [0.4, 0.5) is 0 Å². The van der Waals surface area contributed by atoms with Crippen molar-refractivity contribution < 1.29 is 19.4 Å². The van der Waals surface area contributed by atoms with Gasteiger partial charge in [-0.05, 0) is 6.07 Å². The molecule has 1 heterocycles. The van der Waals surface area contributed by atoms with Gasteiger partial charge in [-0.1, -0.05) is 32.0 Å². The summed E-state index contributed by atoms with van der Waals surface area (Å²) in [6.45, 7) is 4.80. The van der Waals surface area contributed by atoms with Crippen molar-refractivity contribution in [1.82, 2.24) is 5.32 Å². The fraction of sp³-hybridized carbons (Fsp3) is 0.400. The SMILES string of the molecule is CC(C)(CO)CNCc1oc2ccccc2c1C(=O)O. The Morgan fingerprint density at radius 2 is 2.05 bits per heavy atom. The van der Waals surface area contributed by atoms with Gasteiger partial charge >= 0.3 is 5.97 Å². The van der Waals surface area contributed by atoms with Crippen LogP contribution in [0, 0.1) is 5.41 Å². The van der Waals surface area contributed by atoms with Crippen molar-refractivity contribution in [3.05, 3.63) is 35.6 Å². The van der Waals surface area contributed by atoms with Crippen molar-refractivity contribution >= 4 is 16.9 Å². The van der Waals surface area contributed by atoms with Crippen LogP contribution in [0.2, 0.25) is 0 Å². The Kier molecular flexibility index (Phi) is 4.11. The fourth-order valence-corrected chi connectivity index (χ4v) is 2.03. The number of carboxylic acids is 1. The van der Waals surface area contributed by atoms with Crippen molar-refractivity contribution in [3.63, 3.8) is 0 Å². The predicted octanol–water partition coefficient (Wildman–Crippen LogP) is 2.24. The molecule has 3 N–H and O–H groups in total. The summed E-state index contributed by atoms with van der Waals surface area (Å²) in [5.41, 5.74) is 0.521. The van der Waals surface area contributed by atoms with Crippen LogP contribution in [-0.4, -0.2) is 29.3 Å². The minimum Gasteiger partial charge on any atom is -0.478 e. The Hall–Kier alpha value is -1.85. The van der Waals surface area contributed by atoms with Gasteiger partial charge in [-0.2, -0.15) is 0 Å². The van der Waals surface area contributed by atoms with Crippen LogP contribution < -0.4 is 5.32 Å². The van der Waals surface area contributed by atoms with E-state index in [1.807, 2.05) is 19.9 Å². The lowest BCUT2D eigenvalue weighted by Crippen LogP contribution is -2.32. The Balaban J connectivity index is 2.21. The first kappa shape index (κ1) is 14.6. The standard InChI is InChI=1S/C15H19NO4/c1-15(2,9-17)8-16-7-12-13(14(18)19)10-5-3-4-6-11(10)20-12/h3-6,16-17H,7-9H2,1-2H3,(H,18,19). The maximum absolute atomic E-state index is 11.4. The molecule has 0 saturated heterocycles. The number of fused-ring (bicyclic) bond motifs is 1. The molecule has 0 unspecified atom stereocenters. The number of aliphatic hydroxyl groups excluding tert-OH is 1. The molecule has 2 rings (SSSR count). The molecule has 5 nitrogen and oxygen atoms in total. The van der Waals surface area contributed by atoms with E-state index in [0.29, 0.717) is 29.8 Å². The fourth-order valence-electron chi connectivity index (χ4n) is 2.03. The van der Waals surface area contributed by atoms with E-state index >= 15 is 0 Å². The first-order chi connectivity index (χ1) is 9.44. The minimum atomic E-state index is -0.992. The average Bonchev–Trinajstić information content (AvgIpc) is 2.76. The van der Waals surface area contributed by atoms with Gasteiger partial charge in [-0.3, -0.25) is 0 Å². The molecule has 0 spiro atoms. The summed E-state index contributed by atoms with van der Waals surface area (Å²) < 4.78 is 5.60. The number of aromatic carboxylic acids is 1. The molecule has 108 valence electrons. The van der Waals surface area contributed by atoms with Gasteiger partial charge in [0.05, 0.1) is 6.54 Å². The molecular weight excluding hydrogens is 258 g/mol. The van der Waals surface area contributed by atoms with E-state index in [2.05, 4.69) is 5.32 Å². The maximum atomic E-state index is 11.4. The van der Waals surface area contributed by atoms with Gasteiger partial charge in [0.25, 0.3) is 0 Å². The molecule has 0 aliphatic carbocycles. The maximum Gasteiger partial charge on any atom is 0.339 e. The normalized spacial score (nSPS) is 11.9. The van der Waals surface area contributed by atoms with Crippen molar-refractivity contribution in [1.29, 1.82) is 0 Å². The van der Waals surface area contributed by atoms with Crippen LogP contribution in [0.5, 0.6) is 0 Å². The molecule has 0 fully saturated rings. The molecule has 0 radical (unpaired) electrons. The smallest absolute Gasteiger partial charge is 0.339 e. The number of carboxylic acid groups (broad SMARTS) is 1.